The number of nitrogens with zero attached hydrogens (tertiary/aromatic N) is 1. The number of benzene rings is 2. The van der Waals surface area contributed by atoms with Gasteiger partial charge in [-0.15, -0.1) is 0 Å². The zero-order chi connectivity index (χ0) is 19.9. The maximum absolute atomic E-state index is 12.5. The molecule has 0 aliphatic carbocycles. The Bertz CT molecular complexity index is 819. The van der Waals surface area contributed by atoms with E-state index in [1.54, 1.807) is 12.1 Å². The highest BCUT2D eigenvalue weighted by atomic mass is 35.5. The summed E-state index contributed by atoms with van der Waals surface area (Å²) in [6, 6.07) is 11.3. The first-order valence-corrected chi connectivity index (χ1v) is 10.2. The number of rotatable bonds is 8. The molecule has 1 aliphatic heterocycles. The summed E-state index contributed by atoms with van der Waals surface area (Å²) in [5.74, 6) is 0.967. The molecule has 2 aromatic rings. The lowest BCUT2D eigenvalue weighted by Gasteiger charge is -2.26. The molecule has 0 saturated carbocycles. The second-order valence-electron chi connectivity index (χ2n) is 7.04. The van der Waals surface area contributed by atoms with Crippen molar-refractivity contribution in [2.75, 3.05) is 39.5 Å². The first kappa shape index (κ1) is 21.1. The molecular formula is C22H25Cl2NO3. The lowest BCUT2D eigenvalue weighted by Crippen LogP contribution is -2.38. The molecule has 0 bridgehead atoms. The Morgan fingerprint density at radius 3 is 2.43 bits per heavy atom. The molecule has 0 atom stereocenters. The largest absolute Gasteiger partial charge is 0.492 e. The quantitative estimate of drug-likeness (QED) is 0.634. The number of ether oxygens (including phenoxy) is 2. The molecule has 1 aliphatic rings. The SMILES string of the molecule is Cc1ccc(CC(=O)Cc2ccc(Cl)c(Cl)c2)cc1OCCN1CCOCC1. The van der Waals surface area contributed by atoms with E-state index in [1.165, 1.54) is 0 Å². The molecule has 0 N–H and O–H groups in total. The van der Waals surface area contributed by atoms with Crippen LogP contribution in [-0.4, -0.2) is 50.1 Å². The molecule has 4 nitrogen and oxygen atoms in total. The van der Waals surface area contributed by atoms with Gasteiger partial charge in [0.25, 0.3) is 0 Å². The number of hydrogen-bond acceptors (Lipinski definition) is 4. The van der Waals surface area contributed by atoms with E-state index in [9.17, 15) is 4.79 Å². The fraction of sp³-hybridized carbons (Fsp3) is 0.409. The van der Waals surface area contributed by atoms with E-state index in [-0.39, 0.29) is 5.78 Å². The topological polar surface area (TPSA) is 38.8 Å². The van der Waals surface area contributed by atoms with Crippen LogP contribution in [0.3, 0.4) is 0 Å². The monoisotopic (exact) mass is 421 g/mol. The highest BCUT2D eigenvalue weighted by Crippen LogP contribution is 2.24. The van der Waals surface area contributed by atoms with E-state index in [0.29, 0.717) is 29.5 Å². The van der Waals surface area contributed by atoms with Crippen LogP contribution in [-0.2, 0) is 22.4 Å². The molecule has 1 heterocycles. The first-order chi connectivity index (χ1) is 13.5. The Hall–Kier alpha value is -1.59. The summed E-state index contributed by atoms with van der Waals surface area (Å²) >= 11 is 12.0. The Morgan fingerprint density at radius 2 is 1.71 bits per heavy atom. The van der Waals surface area contributed by atoms with Crippen molar-refractivity contribution >= 4 is 29.0 Å². The van der Waals surface area contributed by atoms with Gasteiger partial charge in [-0.25, -0.2) is 0 Å². The number of morpholine rings is 1. The lowest BCUT2D eigenvalue weighted by atomic mass is 10.0. The fourth-order valence-corrected chi connectivity index (χ4v) is 3.51. The van der Waals surface area contributed by atoms with Crippen molar-refractivity contribution in [3.63, 3.8) is 0 Å². The van der Waals surface area contributed by atoms with E-state index >= 15 is 0 Å². The molecular weight excluding hydrogens is 397 g/mol. The van der Waals surface area contributed by atoms with Crippen LogP contribution in [0.2, 0.25) is 10.0 Å². The number of carbonyl (C=O) groups excluding carboxylic acids is 1. The molecule has 0 radical (unpaired) electrons. The van der Waals surface area contributed by atoms with Gasteiger partial charge in [0, 0.05) is 32.5 Å². The lowest BCUT2D eigenvalue weighted by molar-refractivity contribution is -0.117. The third kappa shape index (κ3) is 6.21. The zero-order valence-electron chi connectivity index (χ0n) is 16.0. The van der Waals surface area contributed by atoms with Crippen LogP contribution in [0.25, 0.3) is 0 Å². The average Bonchev–Trinajstić information content (AvgIpc) is 2.68. The normalized spacial score (nSPS) is 14.8. The van der Waals surface area contributed by atoms with Crippen LogP contribution in [0.1, 0.15) is 16.7 Å². The summed E-state index contributed by atoms with van der Waals surface area (Å²) < 4.78 is 11.3. The van der Waals surface area contributed by atoms with Crippen LogP contribution in [0.4, 0.5) is 0 Å². The van der Waals surface area contributed by atoms with Crippen LogP contribution in [0.5, 0.6) is 5.75 Å². The van der Waals surface area contributed by atoms with Gasteiger partial charge in [0.1, 0.15) is 18.1 Å². The van der Waals surface area contributed by atoms with Gasteiger partial charge in [-0.1, -0.05) is 41.4 Å². The number of carbonyl (C=O) groups is 1. The van der Waals surface area contributed by atoms with Crippen molar-refractivity contribution in [2.24, 2.45) is 0 Å². The number of ketones is 1. The van der Waals surface area contributed by atoms with E-state index in [1.807, 2.05) is 31.2 Å². The van der Waals surface area contributed by atoms with Gasteiger partial charge < -0.3 is 9.47 Å². The van der Waals surface area contributed by atoms with Crippen LogP contribution < -0.4 is 4.74 Å². The Labute approximate surface area is 176 Å². The van der Waals surface area contributed by atoms with E-state index in [4.69, 9.17) is 32.7 Å². The molecule has 0 spiro atoms. The summed E-state index contributed by atoms with van der Waals surface area (Å²) in [4.78, 5) is 14.8. The highest BCUT2D eigenvalue weighted by molar-refractivity contribution is 6.42. The molecule has 6 heteroatoms. The number of hydrogen-bond donors (Lipinski definition) is 0. The Morgan fingerprint density at radius 1 is 1.04 bits per heavy atom. The third-order valence-electron chi connectivity index (χ3n) is 4.81. The van der Waals surface area contributed by atoms with E-state index < -0.39 is 0 Å². The number of Topliss-reactive ketones (excluding diaryl/α,β-unsaturated/α-hetero) is 1. The summed E-state index contributed by atoms with van der Waals surface area (Å²) in [6.07, 6.45) is 0.693. The van der Waals surface area contributed by atoms with Crippen molar-refractivity contribution < 1.29 is 14.3 Å². The molecule has 3 rings (SSSR count). The summed E-state index contributed by atoms with van der Waals surface area (Å²) in [7, 11) is 0. The molecule has 0 amide bonds. The Kier molecular flexibility index (Phi) is 7.74. The predicted octanol–water partition coefficient (Wildman–Crippen LogP) is 4.37. The van der Waals surface area contributed by atoms with Crippen molar-refractivity contribution in [3.05, 3.63) is 63.1 Å². The van der Waals surface area contributed by atoms with E-state index in [0.717, 1.165) is 55.3 Å². The standard InChI is InChI=1S/C22H25Cl2NO3/c1-16-2-3-18(13-19(26)12-17-4-5-20(23)21(24)14-17)15-22(16)28-11-8-25-6-9-27-10-7-25/h2-5,14-15H,6-13H2,1H3. The zero-order valence-corrected chi connectivity index (χ0v) is 17.6. The van der Waals surface area contributed by atoms with Crippen LogP contribution in [0, 0.1) is 6.92 Å². The van der Waals surface area contributed by atoms with Gasteiger partial charge in [-0.3, -0.25) is 9.69 Å². The molecule has 0 unspecified atom stereocenters. The van der Waals surface area contributed by atoms with Gasteiger partial charge in [-0.2, -0.15) is 0 Å². The summed E-state index contributed by atoms with van der Waals surface area (Å²) in [6.45, 7) is 7.00. The van der Waals surface area contributed by atoms with Crippen molar-refractivity contribution in [1.82, 2.24) is 4.90 Å². The second kappa shape index (κ2) is 10.3. The predicted molar refractivity (Wildman–Crippen MR) is 113 cm³/mol. The van der Waals surface area contributed by atoms with Crippen molar-refractivity contribution in [1.29, 1.82) is 0 Å². The van der Waals surface area contributed by atoms with Gasteiger partial charge >= 0.3 is 0 Å². The molecule has 28 heavy (non-hydrogen) atoms. The smallest absolute Gasteiger partial charge is 0.141 e. The fourth-order valence-electron chi connectivity index (χ4n) is 3.19. The third-order valence-corrected chi connectivity index (χ3v) is 5.55. The maximum atomic E-state index is 12.5. The molecule has 150 valence electrons. The van der Waals surface area contributed by atoms with Gasteiger partial charge in [0.2, 0.25) is 0 Å². The summed E-state index contributed by atoms with van der Waals surface area (Å²) in [5, 5.41) is 0.966. The highest BCUT2D eigenvalue weighted by Gasteiger charge is 2.12. The number of halogens is 2. The molecule has 1 saturated heterocycles. The summed E-state index contributed by atoms with van der Waals surface area (Å²) in [5.41, 5.74) is 2.90. The average molecular weight is 422 g/mol. The minimum Gasteiger partial charge on any atom is -0.492 e. The van der Waals surface area contributed by atoms with Crippen molar-refractivity contribution in [2.45, 2.75) is 19.8 Å². The first-order valence-electron chi connectivity index (χ1n) is 9.49. The Balaban J connectivity index is 1.54. The van der Waals surface area contributed by atoms with Crippen LogP contribution in [0.15, 0.2) is 36.4 Å². The maximum Gasteiger partial charge on any atom is 0.141 e. The van der Waals surface area contributed by atoms with Crippen LogP contribution >= 0.6 is 23.2 Å². The van der Waals surface area contributed by atoms with Gasteiger partial charge in [-0.05, 0) is 41.8 Å². The minimum atomic E-state index is 0.126. The van der Waals surface area contributed by atoms with Crippen molar-refractivity contribution in [3.8, 4) is 5.75 Å². The molecule has 0 aromatic heterocycles. The van der Waals surface area contributed by atoms with Gasteiger partial charge in [0.15, 0.2) is 0 Å². The number of aryl methyl sites for hydroxylation is 1. The van der Waals surface area contributed by atoms with Gasteiger partial charge in [0.05, 0.1) is 23.3 Å². The molecule has 1 fully saturated rings. The van der Waals surface area contributed by atoms with E-state index in [2.05, 4.69) is 4.90 Å². The minimum absolute atomic E-state index is 0.126. The molecule has 2 aromatic carbocycles. The second-order valence-corrected chi connectivity index (χ2v) is 7.86.